The molecule has 1 aromatic carbocycles. The number of piperidine rings is 1. The number of hydrogen-bond donors (Lipinski definition) is 1. The van der Waals surface area contributed by atoms with E-state index in [9.17, 15) is 18.3 Å². The molecule has 1 atom stereocenters. The highest BCUT2D eigenvalue weighted by molar-refractivity contribution is 7.89. The summed E-state index contributed by atoms with van der Waals surface area (Å²) in [4.78, 5) is 11.4. The van der Waals surface area contributed by atoms with Gasteiger partial charge < -0.3 is 9.84 Å². The van der Waals surface area contributed by atoms with E-state index in [2.05, 4.69) is 4.74 Å². The SMILES string of the molecule is COC(=O)c1ccc(S(=O)(=O)N2CCCC(O)C2)cc1. The van der Waals surface area contributed by atoms with Crippen molar-refractivity contribution in [1.29, 1.82) is 0 Å². The van der Waals surface area contributed by atoms with Crippen molar-refractivity contribution in [3.8, 4) is 0 Å². The van der Waals surface area contributed by atoms with E-state index in [1.165, 1.54) is 35.7 Å². The monoisotopic (exact) mass is 299 g/mol. The van der Waals surface area contributed by atoms with Crippen molar-refractivity contribution < 1.29 is 23.1 Å². The van der Waals surface area contributed by atoms with Crippen LogP contribution in [-0.2, 0) is 14.8 Å². The van der Waals surface area contributed by atoms with Crippen LogP contribution in [0.4, 0.5) is 0 Å². The van der Waals surface area contributed by atoms with Crippen LogP contribution in [0.5, 0.6) is 0 Å². The van der Waals surface area contributed by atoms with E-state index in [1.54, 1.807) is 0 Å². The number of β-amino-alcohol motifs (C(OH)–C–C–N with tert-alkyl or cyclic N) is 1. The largest absolute Gasteiger partial charge is 0.465 e. The Bertz CT molecular complexity index is 581. The molecule has 7 heteroatoms. The fraction of sp³-hybridized carbons (Fsp3) is 0.462. The highest BCUT2D eigenvalue weighted by Crippen LogP contribution is 2.21. The van der Waals surface area contributed by atoms with Gasteiger partial charge in [0.25, 0.3) is 0 Å². The van der Waals surface area contributed by atoms with Gasteiger partial charge in [-0.25, -0.2) is 13.2 Å². The van der Waals surface area contributed by atoms with Crippen LogP contribution in [0, 0.1) is 0 Å². The maximum atomic E-state index is 12.4. The first kappa shape index (κ1) is 15.0. The minimum absolute atomic E-state index is 0.110. The van der Waals surface area contributed by atoms with Crippen molar-refractivity contribution in [2.45, 2.75) is 23.8 Å². The van der Waals surface area contributed by atoms with Gasteiger partial charge >= 0.3 is 5.97 Å². The van der Waals surface area contributed by atoms with E-state index in [-0.39, 0.29) is 11.4 Å². The first-order chi connectivity index (χ1) is 9.45. The summed E-state index contributed by atoms with van der Waals surface area (Å²) in [6, 6.07) is 5.59. The number of carbonyl (C=O) groups is 1. The number of rotatable bonds is 3. The van der Waals surface area contributed by atoms with Crippen LogP contribution in [0.1, 0.15) is 23.2 Å². The molecule has 0 radical (unpaired) electrons. The van der Waals surface area contributed by atoms with Gasteiger partial charge in [-0.05, 0) is 37.1 Å². The number of aliphatic hydroxyl groups excluding tert-OH is 1. The van der Waals surface area contributed by atoms with Gasteiger partial charge in [0.2, 0.25) is 10.0 Å². The van der Waals surface area contributed by atoms with E-state index >= 15 is 0 Å². The van der Waals surface area contributed by atoms with E-state index in [0.29, 0.717) is 24.9 Å². The molecule has 110 valence electrons. The van der Waals surface area contributed by atoms with Gasteiger partial charge in [0.05, 0.1) is 23.7 Å². The molecule has 2 rings (SSSR count). The molecule has 1 N–H and O–H groups in total. The first-order valence-corrected chi connectivity index (χ1v) is 7.76. The Morgan fingerprint density at radius 2 is 2.00 bits per heavy atom. The van der Waals surface area contributed by atoms with Crippen molar-refractivity contribution in [1.82, 2.24) is 4.31 Å². The average molecular weight is 299 g/mol. The third-order valence-corrected chi connectivity index (χ3v) is 5.15. The number of ether oxygens (including phenoxy) is 1. The maximum Gasteiger partial charge on any atom is 0.337 e. The Labute approximate surface area is 118 Å². The lowest BCUT2D eigenvalue weighted by molar-refractivity contribution is 0.0600. The zero-order chi connectivity index (χ0) is 14.8. The molecule has 1 saturated heterocycles. The lowest BCUT2D eigenvalue weighted by atomic mass is 10.1. The standard InChI is InChI=1S/C13H17NO5S/c1-19-13(16)10-4-6-12(7-5-10)20(17,18)14-8-2-3-11(15)9-14/h4-7,11,15H,2-3,8-9H2,1H3. The first-order valence-electron chi connectivity index (χ1n) is 6.32. The third-order valence-electron chi connectivity index (χ3n) is 3.27. The number of nitrogens with zero attached hydrogens (tertiary/aromatic N) is 1. The lowest BCUT2D eigenvalue weighted by Crippen LogP contribution is -2.42. The van der Waals surface area contributed by atoms with Gasteiger partial charge in [-0.15, -0.1) is 0 Å². The van der Waals surface area contributed by atoms with Gasteiger partial charge in [-0.1, -0.05) is 0 Å². The fourth-order valence-corrected chi connectivity index (χ4v) is 3.69. The van der Waals surface area contributed by atoms with Crippen molar-refractivity contribution in [3.05, 3.63) is 29.8 Å². The molecular weight excluding hydrogens is 282 g/mol. The van der Waals surface area contributed by atoms with Crippen molar-refractivity contribution in [2.24, 2.45) is 0 Å². The van der Waals surface area contributed by atoms with Gasteiger partial charge in [0, 0.05) is 13.1 Å². The van der Waals surface area contributed by atoms with Crippen LogP contribution >= 0.6 is 0 Å². The molecule has 1 aromatic rings. The zero-order valence-corrected chi connectivity index (χ0v) is 12.0. The number of hydrogen-bond acceptors (Lipinski definition) is 5. The Morgan fingerprint density at radius 1 is 1.35 bits per heavy atom. The molecular formula is C13H17NO5S. The van der Waals surface area contributed by atoms with Gasteiger partial charge in [-0.2, -0.15) is 4.31 Å². The van der Waals surface area contributed by atoms with Crippen LogP contribution in [0.2, 0.25) is 0 Å². The summed E-state index contributed by atoms with van der Waals surface area (Å²) in [6.07, 6.45) is 0.640. The van der Waals surface area contributed by atoms with Gasteiger partial charge in [0.15, 0.2) is 0 Å². The summed E-state index contributed by atoms with van der Waals surface area (Å²) < 4.78 is 30.6. The zero-order valence-electron chi connectivity index (χ0n) is 11.2. The van der Waals surface area contributed by atoms with E-state index < -0.39 is 22.1 Å². The van der Waals surface area contributed by atoms with Gasteiger partial charge in [-0.3, -0.25) is 0 Å². The normalized spacial score (nSPS) is 20.6. The fourth-order valence-electron chi connectivity index (χ4n) is 2.17. The van der Waals surface area contributed by atoms with Crippen LogP contribution in [0.15, 0.2) is 29.2 Å². The molecule has 1 heterocycles. The Kier molecular flexibility index (Phi) is 4.42. The smallest absolute Gasteiger partial charge is 0.337 e. The number of carbonyl (C=O) groups excluding carboxylic acids is 1. The minimum atomic E-state index is -3.62. The van der Waals surface area contributed by atoms with E-state index in [4.69, 9.17) is 0 Å². The predicted octanol–water partition coefficient (Wildman–Crippen LogP) is 0.619. The minimum Gasteiger partial charge on any atom is -0.465 e. The number of methoxy groups -OCH3 is 1. The Balaban J connectivity index is 2.23. The summed E-state index contributed by atoms with van der Waals surface area (Å²) in [7, 11) is -2.36. The summed E-state index contributed by atoms with van der Waals surface area (Å²) in [5.74, 6) is -0.512. The average Bonchev–Trinajstić information content (AvgIpc) is 2.46. The molecule has 0 aliphatic carbocycles. The Morgan fingerprint density at radius 3 is 2.55 bits per heavy atom. The number of esters is 1. The van der Waals surface area contributed by atoms with Crippen molar-refractivity contribution >= 4 is 16.0 Å². The highest BCUT2D eigenvalue weighted by Gasteiger charge is 2.29. The second-order valence-electron chi connectivity index (χ2n) is 4.68. The molecule has 1 aliphatic rings. The molecule has 0 bridgehead atoms. The Hall–Kier alpha value is -1.44. The van der Waals surface area contributed by atoms with Crippen molar-refractivity contribution in [2.75, 3.05) is 20.2 Å². The van der Waals surface area contributed by atoms with Crippen LogP contribution in [0.25, 0.3) is 0 Å². The highest BCUT2D eigenvalue weighted by atomic mass is 32.2. The quantitative estimate of drug-likeness (QED) is 0.827. The summed E-state index contributed by atoms with van der Waals surface area (Å²) in [5.41, 5.74) is 0.296. The van der Waals surface area contributed by atoms with Crippen LogP contribution in [-0.4, -0.2) is 50.1 Å². The predicted molar refractivity (Wildman–Crippen MR) is 71.8 cm³/mol. The molecule has 0 spiro atoms. The molecule has 1 fully saturated rings. The molecule has 20 heavy (non-hydrogen) atoms. The van der Waals surface area contributed by atoms with Gasteiger partial charge in [0.1, 0.15) is 0 Å². The molecule has 0 amide bonds. The number of aliphatic hydroxyl groups is 1. The summed E-state index contributed by atoms with van der Waals surface area (Å²) >= 11 is 0. The third kappa shape index (κ3) is 3.00. The molecule has 6 nitrogen and oxygen atoms in total. The molecule has 1 aliphatic heterocycles. The molecule has 0 saturated carbocycles. The van der Waals surface area contributed by atoms with Crippen molar-refractivity contribution in [3.63, 3.8) is 0 Å². The topological polar surface area (TPSA) is 83.9 Å². The second kappa shape index (κ2) is 5.90. The number of benzene rings is 1. The van der Waals surface area contributed by atoms with E-state index in [1.807, 2.05) is 0 Å². The van der Waals surface area contributed by atoms with Crippen LogP contribution in [0.3, 0.4) is 0 Å². The molecule has 0 aromatic heterocycles. The van der Waals surface area contributed by atoms with E-state index in [0.717, 1.165) is 0 Å². The lowest BCUT2D eigenvalue weighted by Gasteiger charge is -2.29. The summed E-state index contributed by atoms with van der Waals surface area (Å²) in [5, 5.41) is 9.57. The van der Waals surface area contributed by atoms with Crippen LogP contribution < -0.4 is 0 Å². The summed E-state index contributed by atoms with van der Waals surface area (Å²) in [6.45, 7) is 0.513. The molecule has 1 unspecified atom stereocenters. The number of sulfonamides is 1. The maximum absolute atomic E-state index is 12.4. The second-order valence-corrected chi connectivity index (χ2v) is 6.61.